The minimum atomic E-state index is -1.11. The van der Waals surface area contributed by atoms with E-state index >= 15 is 0 Å². The number of piperazine rings is 1. The van der Waals surface area contributed by atoms with Crippen LogP contribution in [0.15, 0.2) is 18.2 Å². The van der Waals surface area contributed by atoms with Crippen molar-refractivity contribution < 1.29 is 53.3 Å². The first-order valence-corrected chi connectivity index (χ1v) is 19.4. The van der Waals surface area contributed by atoms with Gasteiger partial charge in [0.2, 0.25) is 6.79 Å². The van der Waals surface area contributed by atoms with Crippen LogP contribution in [0.25, 0.3) is 0 Å². The Balaban J connectivity index is 1.32. The molecule has 0 saturated carbocycles. The number of phenolic OH excluding ortho intramolecular Hbond substituents is 2. The third-order valence-electron chi connectivity index (χ3n) is 12.6. The van der Waals surface area contributed by atoms with Crippen molar-refractivity contribution in [2.75, 3.05) is 40.4 Å². The third kappa shape index (κ3) is 4.75. The van der Waals surface area contributed by atoms with Gasteiger partial charge in [0.05, 0.1) is 37.6 Å². The normalized spacial score (nSPS) is 29.4. The Kier molecular flexibility index (Phi) is 8.24. The lowest BCUT2D eigenvalue weighted by Gasteiger charge is -2.62. The highest BCUT2D eigenvalue weighted by molar-refractivity contribution is 7.99. The summed E-state index contributed by atoms with van der Waals surface area (Å²) in [6.45, 7) is 4.89. The zero-order valence-electron chi connectivity index (χ0n) is 31.1. The number of aryl methyl sites for hydroxylation is 2. The molecule has 10 rings (SSSR count). The lowest BCUT2D eigenvalue weighted by Crippen LogP contribution is -2.69. The van der Waals surface area contributed by atoms with Crippen molar-refractivity contribution in [3.05, 3.63) is 62.7 Å². The van der Waals surface area contributed by atoms with Gasteiger partial charge in [0, 0.05) is 41.0 Å². The maximum absolute atomic E-state index is 14.7. The first-order valence-electron chi connectivity index (χ1n) is 18.3. The van der Waals surface area contributed by atoms with Crippen LogP contribution in [0.5, 0.6) is 40.2 Å². The molecule has 0 radical (unpaired) electrons. The van der Waals surface area contributed by atoms with Gasteiger partial charge in [-0.1, -0.05) is 6.07 Å². The highest BCUT2D eigenvalue weighted by atomic mass is 32.2. The fourth-order valence-corrected chi connectivity index (χ4v) is 12.1. The number of aliphatic hydroxyl groups is 1. The number of rotatable bonds is 3. The minimum absolute atomic E-state index is 0.00519. The topological polar surface area (TPSA) is 157 Å². The number of aliphatic hydroxyl groups excluding tert-OH is 1. The van der Waals surface area contributed by atoms with Gasteiger partial charge in [0.25, 0.3) is 0 Å². The summed E-state index contributed by atoms with van der Waals surface area (Å²) in [7, 11) is 4.99. The van der Waals surface area contributed by atoms with Crippen LogP contribution >= 0.6 is 11.8 Å². The molecule has 6 heterocycles. The lowest BCUT2D eigenvalue weighted by atomic mass is 9.70. The molecule has 7 atom stereocenters. The molecular weight excluding hydrogens is 717 g/mol. The van der Waals surface area contributed by atoms with Gasteiger partial charge < -0.3 is 43.7 Å². The fourth-order valence-electron chi connectivity index (χ4n) is 10.3. The summed E-state index contributed by atoms with van der Waals surface area (Å²) >= 11 is 1.53. The Labute approximate surface area is 317 Å². The molecule has 1 aliphatic carbocycles. The van der Waals surface area contributed by atoms with E-state index in [1.54, 1.807) is 19.2 Å². The molecule has 4 bridgehead atoms. The molecule has 3 aromatic rings. The first-order chi connectivity index (χ1) is 25.9. The second kappa shape index (κ2) is 12.6. The van der Waals surface area contributed by atoms with Crippen LogP contribution in [0.4, 0.5) is 0 Å². The van der Waals surface area contributed by atoms with Crippen LogP contribution in [-0.2, 0) is 32.6 Å². The second-order valence-corrected chi connectivity index (χ2v) is 16.4. The van der Waals surface area contributed by atoms with Gasteiger partial charge in [-0.25, -0.2) is 0 Å². The quantitative estimate of drug-likeness (QED) is 0.251. The Morgan fingerprint density at radius 1 is 1.00 bits per heavy atom. The summed E-state index contributed by atoms with van der Waals surface area (Å²) < 4.78 is 36.1. The summed E-state index contributed by atoms with van der Waals surface area (Å²) in [5, 5.41) is 34.8. The summed E-state index contributed by atoms with van der Waals surface area (Å²) in [6, 6.07) is 3.34. The number of nitrogens with zero attached hydrogens (tertiary/aromatic N) is 2. The van der Waals surface area contributed by atoms with Gasteiger partial charge >= 0.3 is 11.9 Å². The molecule has 2 saturated heterocycles. The van der Waals surface area contributed by atoms with E-state index in [1.807, 2.05) is 31.9 Å². The summed E-state index contributed by atoms with van der Waals surface area (Å²) in [5.41, 5.74) is 4.88. The Hall–Kier alpha value is -4.37. The van der Waals surface area contributed by atoms with E-state index in [0.29, 0.717) is 70.9 Å². The van der Waals surface area contributed by atoms with Crippen LogP contribution in [0.3, 0.4) is 0 Å². The molecule has 3 N–H and O–H groups in total. The number of aromatic hydroxyl groups is 2. The zero-order chi connectivity index (χ0) is 38.0. The number of likely N-dealkylation sites (N-methyl/N-ethyl adjacent to an activating group) is 1. The van der Waals surface area contributed by atoms with Crippen molar-refractivity contribution in [3.8, 4) is 40.2 Å². The van der Waals surface area contributed by atoms with Crippen molar-refractivity contribution in [1.29, 1.82) is 0 Å². The third-order valence-corrected chi connectivity index (χ3v) is 14.2. The van der Waals surface area contributed by atoms with Crippen molar-refractivity contribution in [3.63, 3.8) is 0 Å². The van der Waals surface area contributed by atoms with E-state index in [-0.39, 0.29) is 42.4 Å². The van der Waals surface area contributed by atoms with Crippen LogP contribution in [0.2, 0.25) is 0 Å². The van der Waals surface area contributed by atoms with Gasteiger partial charge in [-0.05, 0) is 81.0 Å². The van der Waals surface area contributed by atoms with Gasteiger partial charge in [0.15, 0.2) is 34.5 Å². The highest BCUT2D eigenvalue weighted by Gasteiger charge is 2.61. The number of hydrogen-bond acceptors (Lipinski definition) is 14. The number of hydrogen-bond donors (Lipinski definition) is 3. The van der Waals surface area contributed by atoms with E-state index in [2.05, 4.69) is 4.90 Å². The molecule has 54 heavy (non-hydrogen) atoms. The number of phenols is 2. The summed E-state index contributed by atoms with van der Waals surface area (Å²) in [6.07, 6.45) is 1.30. The monoisotopic (exact) mass is 760 g/mol. The maximum Gasteiger partial charge on any atom is 0.317 e. The van der Waals surface area contributed by atoms with E-state index in [4.69, 9.17) is 28.4 Å². The molecule has 1 spiro atoms. The van der Waals surface area contributed by atoms with Crippen molar-refractivity contribution in [1.82, 2.24) is 9.80 Å². The number of fused-ring (bicyclic) bond motifs is 9. The van der Waals surface area contributed by atoms with E-state index < -0.39 is 47.0 Å². The van der Waals surface area contributed by atoms with E-state index in [0.717, 1.165) is 22.3 Å². The molecule has 14 heteroatoms. The molecule has 2 fully saturated rings. The van der Waals surface area contributed by atoms with Crippen LogP contribution in [0, 0.1) is 13.8 Å². The number of ether oxygens (including phenoxy) is 6. The van der Waals surface area contributed by atoms with E-state index in [9.17, 15) is 24.9 Å². The maximum atomic E-state index is 14.7. The Morgan fingerprint density at radius 2 is 1.78 bits per heavy atom. The van der Waals surface area contributed by atoms with Crippen LogP contribution < -0.4 is 23.7 Å². The number of methoxy groups -OCH3 is 2. The van der Waals surface area contributed by atoms with Gasteiger partial charge in [0.1, 0.15) is 24.0 Å². The smallest absolute Gasteiger partial charge is 0.317 e. The zero-order valence-corrected chi connectivity index (χ0v) is 31.9. The second-order valence-electron chi connectivity index (χ2n) is 15.3. The number of benzene rings is 3. The van der Waals surface area contributed by atoms with Crippen molar-refractivity contribution in [2.24, 2.45) is 0 Å². The Bertz CT molecular complexity index is 2120. The average Bonchev–Trinajstić information content (AvgIpc) is 3.63. The number of carbonyl (C=O) groups excluding carboxylic acids is 2. The predicted molar refractivity (Wildman–Crippen MR) is 196 cm³/mol. The summed E-state index contributed by atoms with van der Waals surface area (Å²) in [5.74, 6) is 1.32. The minimum Gasteiger partial charge on any atom is -0.504 e. The molecule has 7 aliphatic rings. The van der Waals surface area contributed by atoms with Crippen molar-refractivity contribution >= 4 is 23.7 Å². The lowest BCUT2D eigenvalue weighted by molar-refractivity contribution is -0.186. The van der Waals surface area contributed by atoms with E-state index in [1.165, 1.54) is 25.8 Å². The molecule has 6 aliphatic heterocycles. The number of thioether (sulfide) groups is 1. The molecule has 13 nitrogen and oxygen atoms in total. The number of esters is 2. The SMILES string of the molecule is COc1cc2c(cc1O)CCC[C@]21CS[C@@H]2c3c(OC(C)=O)c(C)c4c(c3[C@@H](COC1=O)N1C2[C@H]2c3c(cc(C)c(OC)c3O)C[C@@H]([C@@H]1O)N2C)OCO4. The van der Waals surface area contributed by atoms with Crippen molar-refractivity contribution in [2.45, 2.75) is 87.5 Å². The Morgan fingerprint density at radius 3 is 2.52 bits per heavy atom. The standard InChI is InChI=1S/C40H44N2O11S/c1-17-10-21-11-23-38(46)42-24-14-50-39(47)40(9-7-8-20-12-25(44)26(48-5)13-22(20)40)15-54-37(31(42)30(41(23)4)27(21)32(45)33(17)49-6)29-28(24)36-35(51-16-52-36)18(2)34(29)53-19(3)43/h10,12-13,23-24,30-31,37-38,44-46H,7-9,11,14-16H2,1-6H3/t23-,24+,30+,31?,37+,38-,40-/m0/s1. The molecule has 3 aromatic carbocycles. The molecule has 1 unspecified atom stereocenters. The van der Waals surface area contributed by atoms with Crippen LogP contribution in [-0.4, -0.2) is 95.8 Å². The molecule has 0 amide bonds. The van der Waals surface area contributed by atoms with Gasteiger partial charge in [-0.15, -0.1) is 0 Å². The van der Waals surface area contributed by atoms with Crippen LogP contribution in [0.1, 0.15) is 81.6 Å². The molecular formula is C40H44N2O11S. The molecule has 0 aromatic heterocycles. The number of carbonyl (C=O) groups is 2. The fraction of sp³-hybridized carbons (Fsp3) is 0.500. The average molecular weight is 761 g/mol. The van der Waals surface area contributed by atoms with Gasteiger partial charge in [-0.2, -0.15) is 11.8 Å². The van der Waals surface area contributed by atoms with Gasteiger partial charge in [-0.3, -0.25) is 19.4 Å². The largest absolute Gasteiger partial charge is 0.504 e. The highest BCUT2D eigenvalue weighted by Crippen LogP contribution is 2.65. The predicted octanol–water partition coefficient (Wildman–Crippen LogP) is 4.65. The first kappa shape index (κ1) is 35.3. The molecule has 286 valence electrons. The summed E-state index contributed by atoms with van der Waals surface area (Å²) in [4.78, 5) is 31.8.